The summed E-state index contributed by atoms with van der Waals surface area (Å²) in [5.41, 5.74) is 0. The van der Waals surface area contributed by atoms with Crippen LogP contribution in [-0.4, -0.2) is 47.8 Å². The van der Waals surface area contributed by atoms with Gasteiger partial charge in [0.05, 0.1) is 6.10 Å². The molecule has 0 spiro atoms. The van der Waals surface area contributed by atoms with Crippen LogP contribution >= 0.6 is 0 Å². The normalized spacial score (nSPS) is 33.0. The molecule has 3 nitrogen and oxygen atoms in total. The first-order chi connectivity index (χ1) is 7.68. The van der Waals surface area contributed by atoms with Crippen molar-refractivity contribution in [2.24, 2.45) is 0 Å². The fraction of sp³-hybridized carbons (Fsp3) is 1.00. The van der Waals surface area contributed by atoms with Crippen molar-refractivity contribution in [2.75, 3.05) is 13.6 Å². The lowest BCUT2D eigenvalue weighted by Crippen LogP contribution is -2.48. The van der Waals surface area contributed by atoms with Crippen molar-refractivity contribution in [1.82, 2.24) is 10.2 Å². The molecule has 94 valence electrons. The molecule has 0 radical (unpaired) electrons. The van der Waals surface area contributed by atoms with E-state index in [0.29, 0.717) is 12.1 Å². The van der Waals surface area contributed by atoms with Gasteiger partial charge in [-0.1, -0.05) is 12.8 Å². The number of aliphatic hydroxyl groups excluding tert-OH is 1. The lowest BCUT2D eigenvalue weighted by atomic mass is 9.92. The molecule has 1 unspecified atom stereocenters. The van der Waals surface area contributed by atoms with E-state index in [1.54, 1.807) is 0 Å². The summed E-state index contributed by atoms with van der Waals surface area (Å²) in [5, 5.41) is 13.4. The topological polar surface area (TPSA) is 35.5 Å². The van der Waals surface area contributed by atoms with Crippen molar-refractivity contribution in [2.45, 2.75) is 69.7 Å². The standard InChI is InChI=1S/C13H26N2O/c1-10(15(2)11-7-8-11)9-14-12-5-3-4-6-13(12)16/h10-14,16H,3-9H2,1-2H3/t10?,12-,13-/m0/s1. The zero-order chi connectivity index (χ0) is 11.5. The van der Waals surface area contributed by atoms with E-state index < -0.39 is 0 Å². The SMILES string of the molecule is CC(CN[C@H]1CCCC[C@@H]1O)N(C)C1CC1. The van der Waals surface area contributed by atoms with E-state index in [9.17, 15) is 5.11 Å². The van der Waals surface area contributed by atoms with E-state index >= 15 is 0 Å². The second-order valence-corrected chi connectivity index (χ2v) is 5.61. The Morgan fingerprint density at radius 3 is 2.56 bits per heavy atom. The maximum absolute atomic E-state index is 9.87. The Labute approximate surface area is 99.2 Å². The second-order valence-electron chi connectivity index (χ2n) is 5.61. The van der Waals surface area contributed by atoms with Crippen LogP contribution in [0.1, 0.15) is 45.4 Å². The third-order valence-corrected chi connectivity index (χ3v) is 4.22. The van der Waals surface area contributed by atoms with Crippen LogP contribution in [0.15, 0.2) is 0 Å². The van der Waals surface area contributed by atoms with Crippen LogP contribution in [0.25, 0.3) is 0 Å². The highest BCUT2D eigenvalue weighted by atomic mass is 16.3. The van der Waals surface area contributed by atoms with Gasteiger partial charge in [0.1, 0.15) is 0 Å². The number of nitrogens with one attached hydrogen (secondary N) is 1. The van der Waals surface area contributed by atoms with Crippen molar-refractivity contribution >= 4 is 0 Å². The fourth-order valence-corrected chi connectivity index (χ4v) is 2.66. The molecular weight excluding hydrogens is 200 g/mol. The molecule has 0 aromatic heterocycles. The Hall–Kier alpha value is -0.120. The second kappa shape index (κ2) is 5.48. The van der Waals surface area contributed by atoms with Gasteiger partial charge in [-0.15, -0.1) is 0 Å². The molecule has 2 aliphatic rings. The van der Waals surface area contributed by atoms with Crippen LogP contribution in [0.3, 0.4) is 0 Å². The highest BCUT2D eigenvalue weighted by molar-refractivity contribution is 4.87. The molecule has 3 heteroatoms. The lowest BCUT2D eigenvalue weighted by molar-refractivity contribution is 0.0864. The van der Waals surface area contributed by atoms with Gasteiger partial charge in [0.2, 0.25) is 0 Å². The fourth-order valence-electron chi connectivity index (χ4n) is 2.66. The molecule has 0 bridgehead atoms. The first-order valence-corrected chi connectivity index (χ1v) is 6.82. The smallest absolute Gasteiger partial charge is 0.0693 e. The van der Waals surface area contributed by atoms with E-state index in [2.05, 4.69) is 24.2 Å². The van der Waals surface area contributed by atoms with E-state index in [-0.39, 0.29) is 6.10 Å². The monoisotopic (exact) mass is 226 g/mol. The third kappa shape index (κ3) is 3.19. The molecule has 16 heavy (non-hydrogen) atoms. The number of likely N-dealkylation sites (N-methyl/N-ethyl adjacent to an activating group) is 1. The van der Waals surface area contributed by atoms with Gasteiger partial charge in [0, 0.05) is 24.7 Å². The molecule has 2 N–H and O–H groups in total. The van der Waals surface area contributed by atoms with E-state index in [1.807, 2.05) is 0 Å². The summed E-state index contributed by atoms with van der Waals surface area (Å²) in [6, 6.07) is 1.75. The van der Waals surface area contributed by atoms with Gasteiger partial charge >= 0.3 is 0 Å². The van der Waals surface area contributed by atoms with Crippen LogP contribution in [0.4, 0.5) is 0 Å². The summed E-state index contributed by atoms with van der Waals surface area (Å²) in [7, 11) is 2.22. The Morgan fingerprint density at radius 1 is 1.25 bits per heavy atom. The maximum Gasteiger partial charge on any atom is 0.0693 e. The van der Waals surface area contributed by atoms with Crippen LogP contribution < -0.4 is 5.32 Å². The van der Waals surface area contributed by atoms with Crippen LogP contribution in [-0.2, 0) is 0 Å². The maximum atomic E-state index is 9.87. The molecule has 2 rings (SSSR count). The average Bonchev–Trinajstić information content (AvgIpc) is 3.10. The van der Waals surface area contributed by atoms with Crippen molar-refractivity contribution in [1.29, 1.82) is 0 Å². The lowest BCUT2D eigenvalue weighted by Gasteiger charge is -2.32. The Bertz CT molecular complexity index is 218. The molecule has 0 aromatic rings. The van der Waals surface area contributed by atoms with Crippen LogP contribution in [0, 0.1) is 0 Å². The molecule has 0 aromatic carbocycles. The van der Waals surface area contributed by atoms with Crippen molar-refractivity contribution in [3.8, 4) is 0 Å². The number of aliphatic hydroxyl groups is 1. The molecule has 0 heterocycles. The van der Waals surface area contributed by atoms with Crippen molar-refractivity contribution in [3.63, 3.8) is 0 Å². The van der Waals surface area contributed by atoms with Crippen LogP contribution in [0.5, 0.6) is 0 Å². The van der Waals surface area contributed by atoms with Gasteiger partial charge < -0.3 is 10.4 Å². The predicted molar refractivity (Wildman–Crippen MR) is 66.5 cm³/mol. The summed E-state index contributed by atoms with van der Waals surface area (Å²) < 4.78 is 0. The minimum absolute atomic E-state index is 0.118. The molecular formula is C13H26N2O. The summed E-state index contributed by atoms with van der Waals surface area (Å²) in [4.78, 5) is 2.47. The van der Waals surface area contributed by atoms with Gasteiger partial charge in [0.15, 0.2) is 0 Å². The third-order valence-electron chi connectivity index (χ3n) is 4.22. The Kier molecular flexibility index (Phi) is 4.22. The zero-order valence-electron chi connectivity index (χ0n) is 10.7. The van der Waals surface area contributed by atoms with Gasteiger partial charge in [0.25, 0.3) is 0 Å². The minimum Gasteiger partial charge on any atom is -0.392 e. The summed E-state index contributed by atoms with van der Waals surface area (Å²) in [6.45, 7) is 3.29. The number of hydrogen-bond acceptors (Lipinski definition) is 3. The largest absolute Gasteiger partial charge is 0.392 e. The van der Waals surface area contributed by atoms with Gasteiger partial charge in [-0.25, -0.2) is 0 Å². The summed E-state index contributed by atoms with van der Waals surface area (Å²) in [5.74, 6) is 0. The van der Waals surface area contributed by atoms with Gasteiger partial charge in [-0.3, -0.25) is 4.90 Å². The predicted octanol–water partition coefficient (Wildman–Crippen LogP) is 1.36. The van der Waals surface area contributed by atoms with E-state index in [0.717, 1.165) is 25.4 Å². The van der Waals surface area contributed by atoms with Gasteiger partial charge in [-0.2, -0.15) is 0 Å². The Balaban J connectivity index is 1.68. The average molecular weight is 226 g/mol. The molecule has 0 aliphatic heterocycles. The van der Waals surface area contributed by atoms with E-state index in [1.165, 1.54) is 25.7 Å². The first-order valence-electron chi connectivity index (χ1n) is 6.82. The molecule has 2 saturated carbocycles. The molecule has 0 saturated heterocycles. The van der Waals surface area contributed by atoms with Crippen molar-refractivity contribution in [3.05, 3.63) is 0 Å². The molecule has 3 atom stereocenters. The number of rotatable bonds is 5. The highest BCUT2D eigenvalue weighted by Crippen LogP contribution is 2.27. The zero-order valence-corrected chi connectivity index (χ0v) is 10.7. The molecule has 0 amide bonds. The van der Waals surface area contributed by atoms with Crippen molar-refractivity contribution < 1.29 is 5.11 Å². The summed E-state index contributed by atoms with van der Waals surface area (Å²) in [6.07, 6.45) is 7.19. The Morgan fingerprint density at radius 2 is 1.94 bits per heavy atom. The number of hydrogen-bond donors (Lipinski definition) is 2. The summed E-state index contributed by atoms with van der Waals surface area (Å²) >= 11 is 0. The van der Waals surface area contributed by atoms with Gasteiger partial charge in [-0.05, 0) is 39.7 Å². The minimum atomic E-state index is -0.118. The van der Waals surface area contributed by atoms with Crippen LogP contribution in [0.2, 0.25) is 0 Å². The quantitative estimate of drug-likeness (QED) is 0.743. The van der Waals surface area contributed by atoms with E-state index in [4.69, 9.17) is 0 Å². The first kappa shape index (κ1) is 12.3. The molecule has 2 aliphatic carbocycles. The number of nitrogens with zero attached hydrogens (tertiary/aromatic N) is 1. The highest BCUT2D eigenvalue weighted by Gasteiger charge is 2.30. The molecule has 2 fully saturated rings.